The number of phenolic OH excluding ortho intramolecular Hbond substituents is 2. The van der Waals surface area contributed by atoms with Gasteiger partial charge in [-0.1, -0.05) is 23.3 Å². The minimum absolute atomic E-state index is 0.111. The van der Waals surface area contributed by atoms with E-state index in [-0.39, 0.29) is 11.5 Å². The molecule has 0 unspecified atom stereocenters. The van der Waals surface area contributed by atoms with Crippen LogP contribution in [-0.4, -0.2) is 23.3 Å². The van der Waals surface area contributed by atoms with Crippen molar-refractivity contribution in [3.63, 3.8) is 0 Å². The molecule has 1 fully saturated rings. The summed E-state index contributed by atoms with van der Waals surface area (Å²) in [6.07, 6.45) is 4.08. The second-order valence-corrected chi connectivity index (χ2v) is 5.80. The number of aromatic hydroxyl groups is 2. The Bertz CT molecular complexity index is 761. The summed E-state index contributed by atoms with van der Waals surface area (Å²) in [5.74, 6) is -1.19. The standard InChI is InChI=1S/C19H17F2NO2/c20-18-8-16(23)3-1-14(18)6-12-5-13(11-22-10-12)7-15-2-4-17(24)9-19(15)21/h1-4,6-9,22-24H,5,10-11H2/b12-6-,13-7-. The van der Waals surface area contributed by atoms with Gasteiger partial charge >= 0.3 is 0 Å². The molecular formula is C19H17F2NO2. The van der Waals surface area contributed by atoms with Gasteiger partial charge in [0.2, 0.25) is 0 Å². The van der Waals surface area contributed by atoms with Crippen molar-refractivity contribution in [3.05, 3.63) is 70.3 Å². The third kappa shape index (κ3) is 3.81. The number of rotatable bonds is 2. The van der Waals surface area contributed by atoms with E-state index in [0.717, 1.165) is 23.3 Å². The van der Waals surface area contributed by atoms with E-state index >= 15 is 0 Å². The summed E-state index contributed by atoms with van der Waals surface area (Å²) in [7, 11) is 0. The predicted octanol–water partition coefficient (Wildman–Crippen LogP) is 3.84. The zero-order valence-electron chi connectivity index (χ0n) is 12.9. The summed E-state index contributed by atoms with van der Waals surface area (Å²) in [6, 6.07) is 8.07. The summed E-state index contributed by atoms with van der Waals surface area (Å²) in [5.41, 5.74) is 2.75. The number of halogens is 2. The lowest BCUT2D eigenvalue weighted by atomic mass is 9.97. The first-order valence-corrected chi connectivity index (χ1v) is 7.58. The third-order valence-electron chi connectivity index (χ3n) is 3.85. The molecule has 1 aliphatic heterocycles. The fourth-order valence-electron chi connectivity index (χ4n) is 2.71. The summed E-state index contributed by atoms with van der Waals surface area (Å²) in [5, 5.41) is 21.7. The average molecular weight is 329 g/mol. The summed E-state index contributed by atoms with van der Waals surface area (Å²) >= 11 is 0. The first-order chi connectivity index (χ1) is 11.5. The fourth-order valence-corrected chi connectivity index (χ4v) is 2.71. The Morgan fingerprint density at radius 1 is 0.792 bits per heavy atom. The van der Waals surface area contributed by atoms with Gasteiger partial charge in [0.05, 0.1) is 0 Å². The molecule has 0 atom stereocenters. The van der Waals surface area contributed by atoms with Gasteiger partial charge in [-0.2, -0.15) is 0 Å². The molecule has 1 aliphatic rings. The molecule has 2 aromatic rings. The van der Waals surface area contributed by atoms with E-state index in [1.807, 2.05) is 0 Å². The van der Waals surface area contributed by atoms with Crippen molar-refractivity contribution in [1.29, 1.82) is 0 Å². The van der Waals surface area contributed by atoms with E-state index in [0.29, 0.717) is 30.6 Å². The van der Waals surface area contributed by atoms with Crippen LogP contribution in [0.1, 0.15) is 17.5 Å². The van der Waals surface area contributed by atoms with Crippen molar-refractivity contribution in [1.82, 2.24) is 5.32 Å². The van der Waals surface area contributed by atoms with Crippen LogP contribution in [0.15, 0.2) is 47.5 Å². The summed E-state index contributed by atoms with van der Waals surface area (Å²) in [4.78, 5) is 0. The largest absolute Gasteiger partial charge is 0.508 e. The fraction of sp³-hybridized carbons (Fsp3) is 0.158. The van der Waals surface area contributed by atoms with Gasteiger partial charge in [-0.15, -0.1) is 0 Å². The molecule has 0 radical (unpaired) electrons. The highest BCUT2D eigenvalue weighted by atomic mass is 19.1. The Kier molecular flexibility index (Phi) is 4.62. The van der Waals surface area contributed by atoms with Crippen LogP contribution in [0.5, 0.6) is 11.5 Å². The van der Waals surface area contributed by atoms with Gasteiger partial charge in [0.15, 0.2) is 0 Å². The van der Waals surface area contributed by atoms with Gasteiger partial charge in [0.1, 0.15) is 23.1 Å². The maximum absolute atomic E-state index is 13.8. The van der Waals surface area contributed by atoms with Crippen LogP contribution in [0.2, 0.25) is 0 Å². The number of benzene rings is 2. The SMILES string of the molecule is Oc1ccc(/C=C2\CNC/C(=C\c3ccc(O)cc3F)C2)c(F)c1. The molecule has 0 saturated carbocycles. The van der Waals surface area contributed by atoms with Crippen LogP contribution < -0.4 is 5.32 Å². The van der Waals surface area contributed by atoms with E-state index in [9.17, 15) is 19.0 Å². The summed E-state index contributed by atoms with van der Waals surface area (Å²) in [6.45, 7) is 1.24. The zero-order chi connectivity index (χ0) is 17.1. The van der Waals surface area contributed by atoms with Crippen LogP contribution in [0, 0.1) is 11.6 Å². The normalized spacial score (nSPS) is 18.2. The second kappa shape index (κ2) is 6.84. The van der Waals surface area contributed by atoms with E-state index in [4.69, 9.17) is 0 Å². The molecule has 5 heteroatoms. The van der Waals surface area contributed by atoms with Gasteiger partial charge < -0.3 is 15.5 Å². The summed E-state index contributed by atoms with van der Waals surface area (Å²) < 4.78 is 27.7. The number of piperidine rings is 1. The lowest BCUT2D eigenvalue weighted by molar-refractivity contribution is 0.468. The van der Waals surface area contributed by atoms with Crippen molar-refractivity contribution in [2.24, 2.45) is 0 Å². The molecule has 3 N–H and O–H groups in total. The van der Waals surface area contributed by atoms with Crippen LogP contribution in [-0.2, 0) is 0 Å². The Hall–Kier alpha value is -2.66. The van der Waals surface area contributed by atoms with E-state index in [2.05, 4.69) is 5.32 Å². The molecule has 0 spiro atoms. The molecule has 1 heterocycles. The molecule has 0 aliphatic carbocycles. The molecule has 1 saturated heterocycles. The highest BCUT2D eigenvalue weighted by molar-refractivity contribution is 5.60. The molecule has 24 heavy (non-hydrogen) atoms. The average Bonchev–Trinajstić information content (AvgIpc) is 2.53. The topological polar surface area (TPSA) is 52.5 Å². The third-order valence-corrected chi connectivity index (χ3v) is 3.85. The van der Waals surface area contributed by atoms with Gasteiger partial charge in [0.25, 0.3) is 0 Å². The first kappa shape index (κ1) is 16.2. The highest BCUT2D eigenvalue weighted by Crippen LogP contribution is 2.24. The number of hydrogen-bond donors (Lipinski definition) is 3. The minimum Gasteiger partial charge on any atom is -0.508 e. The van der Waals surface area contributed by atoms with E-state index < -0.39 is 11.6 Å². The zero-order valence-corrected chi connectivity index (χ0v) is 12.9. The van der Waals surface area contributed by atoms with Crippen molar-refractivity contribution in [3.8, 4) is 11.5 Å². The number of phenols is 2. The monoisotopic (exact) mass is 329 g/mol. The molecule has 0 aromatic heterocycles. The maximum Gasteiger partial charge on any atom is 0.134 e. The Balaban J connectivity index is 1.83. The molecule has 3 rings (SSSR count). The van der Waals surface area contributed by atoms with Gasteiger partial charge in [-0.25, -0.2) is 8.78 Å². The van der Waals surface area contributed by atoms with Gasteiger partial charge in [-0.3, -0.25) is 0 Å². The lowest BCUT2D eigenvalue weighted by Gasteiger charge is -2.19. The molecule has 3 nitrogen and oxygen atoms in total. The molecular weight excluding hydrogens is 312 g/mol. The minimum atomic E-state index is -0.483. The second-order valence-electron chi connectivity index (χ2n) is 5.80. The van der Waals surface area contributed by atoms with Crippen LogP contribution in [0.4, 0.5) is 8.78 Å². The number of hydrogen-bond acceptors (Lipinski definition) is 3. The molecule has 0 amide bonds. The van der Waals surface area contributed by atoms with Crippen molar-refractivity contribution < 1.29 is 19.0 Å². The van der Waals surface area contributed by atoms with E-state index in [1.54, 1.807) is 12.2 Å². The predicted molar refractivity (Wildman–Crippen MR) is 89.6 cm³/mol. The van der Waals surface area contributed by atoms with Crippen molar-refractivity contribution in [2.45, 2.75) is 6.42 Å². The van der Waals surface area contributed by atoms with Gasteiger partial charge in [0, 0.05) is 36.3 Å². The Morgan fingerprint density at radius 2 is 1.25 bits per heavy atom. The first-order valence-electron chi connectivity index (χ1n) is 7.58. The van der Waals surface area contributed by atoms with Crippen LogP contribution >= 0.6 is 0 Å². The van der Waals surface area contributed by atoms with Crippen LogP contribution in [0.3, 0.4) is 0 Å². The van der Waals surface area contributed by atoms with E-state index in [1.165, 1.54) is 24.3 Å². The highest BCUT2D eigenvalue weighted by Gasteiger charge is 2.12. The smallest absolute Gasteiger partial charge is 0.134 e. The quantitative estimate of drug-likeness (QED) is 0.785. The lowest BCUT2D eigenvalue weighted by Crippen LogP contribution is -2.26. The van der Waals surface area contributed by atoms with Gasteiger partial charge in [-0.05, 0) is 30.7 Å². The van der Waals surface area contributed by atoms with Crippen molar-refractivity contribution >= 4 is 12.2 Å². The molecule has 0 bridgehead atoms. The maximum atomic E-state index is 13.8. The molecule has 124 valence electrons. The molecule has 2 aromatic carbocycles. The Labute approximate surface area is 138 Å². The van der Waals surface area contributed by atoms with Crippen LogP contribution in [0.25, 0.3) is 12.2 Å². The Morgan fingerprint density at radius 3 is 1.67 bits per heavy atom. The van der Waals surface area contributed by atoms with Crippen molar-refractivity contribution in [2.75, 3.05) is 13.1 Å². The number of nitrogens with one attached hydrogen (secondary N) is 1.